The van der Waals surface area contributed by atoms with Crippen LogP contribution in [-0.4, -0.2) is 26.6 Å². The molecule has 19 heavy (non-hydrogen) atoms. The van der Waals surface area contributed by atoms with Crippen molar-refractivity contribution in [3.05, 3.63) is 29.6 Å². The normalized spacial score (nSPS) is 10.7. The van der Waals surface area contributed by atoms with Gasteiger partial charge in [0, 0.05) is 37.8 Å². The maximum atomic E-state index is 4.66. The van der Waals surface area contributed by atoms with Gasteiger partial charge in [0.25, 0.3) is 0 Å². The van der Waals surface area contributed by atoms with Crippen LogP contribution in [0.5, 0.6) is 0 Å². The SMILES string of the molecule is CCCc1nccn1-c1nc(CC)nc(NC)c1C. The Bertz CT molecular complexity index is 559. The first-order valence-corrected chi connectivity index (χ1v) is 6.79. The molecule has 0 fully saturated rings. The highest BCUT2D eigenvalue weighted by Gasteiger charge is 2.13. The van der Waals surface area contributed by atoms with Crippen LogP contribution in [0.4, 0.5) is 5.82 Å². The Morgan fingerprint density at radius 1 is 1.26 bits per heavy atom. The van der Waals surface area contributed by atoms with Crippen molar-refractivity contribution < 1.29 is 0 Å². The average molecular weight is 259 g/mol. The fourth-order valence-corrected chi connectivity index (χ4v) is 2.12. The topological polar surface area (TPSA) is 55.6 Å². The lowest BCUT2D eigenvalue weighted by molar-refractivity contribution is 0.782. The van der Waals surface area contributed by atoms with Crippen LogP contribution < -0.4 is 5.32 Å². The summed E-state index contributed by atoms with van der Waals surface area (Å²) in [7, 11) is 1.89. The maximum Gasteiger partial charge on any atom is 0.146 e. The first-order chi connectivity index (χ1) is 9.21. The summed E-state index contributed by atoms with van der Waals surface area (Å²) < 4.78 is 2.07. The highest BCUT2D eigenvalue weighted by atomic mass is 15.2. The van der Waals surface area contributed by atoms with Gasteiger partial charge in [0.15, 0.2) is 0 Å². The van der Waals surface area contributed by atoms with Gasteiger partial charge in [0.2, 0.25) is 0 Å². The summed E-state index contributed by atoms with van der Waals surface area (Å²) in [5, 5.41) is 3.14. The second kappa shape index (κ2) is 5.82. The van der Waals surface area contributed by atoms with Gasteiger partial charge in [-0.25, -0.2) is 15.0 Å². The van der Waals surface area contributed by atoms with Crippen molar-refractivity contribution in [3.8, 4) is 5.82 Å². The number of hydrogen-bond acceptors (Lipinski definition) is 4. The quantitative estimate of drug-likeness (QED) is 0.896. The molecule has 0 aromatic carbocycles. The molecule has 0 amide bonds. The molecule has 0 aliphatic heterocycles. The molecule has 2 heterocycles. The third-order valence-corrected chi connectivity index (χ3v) is 3.14. The molecule has 2 aromatic heterocycles. The summed E-state index contributed by atoms with van der Waals surface area (Å²) >= 11 is 0. The van der Waals surface area contributed by atoms with Crippen LogP contribution in [0.15, 0.2) is 12.4 Å². The Hall–Kier alpha value is -1.91. The van der Waals surface area contributed by atoms with Crippen LogP contribution in [0.3, 0.4) is 0 Å². The second-order valence-corrected chi connectivity index (χ2v) is 4.50. The standard InChI is InChI=1S/C14H21N5/c1-5-7-12-16-8-9-19(12)14-10(3)13(15-4)17-11(6-2)18-14/h8-9H,5-7H2,1-4H3,(H,15,17,18). The smallest absolute Gasteiger partial charge is 0.146 e. The monoisotopic (exact) mass is 259 g/mol. The zero-order valence-corrected chi connectivity index (χ0v) is 12.1. The van der Waals surface area contributed by atoms with Gasteiger partial charge in [-0.3, -0.25) is 4.57 Å². The van der Waals surface area contributed by atoms with Crippen molar-refractivity contribution >= 4 is 5.82 Å². The minimum atomic E-state index is 0.819. The molecule has 2 rings (SSSR count). The fraction of sp³-hybridized carbons (Fsp3) is 0.500. The van der Waals surface area contributed by atoms with Crippen LogP contribution in [0, 0.1) is 6.92 Å². The molecule has 0 aliphatic rings. The minimum Gasteiger partial charge on any atom is -0.373 e. The number of nitrogens with one attached hydrogen (secondary N) is 1. The molecule has 5 heteroatoms. The first kappa shape index (κ1) is 13.5. The third kappa shape index (κ3) is 2.59. The largest absolute Gasteiger partial charge is 0.373 e. The molecule has 0 unspecified atom stereocenters. The molecule has 102 valence electrons. The molecule has 5 nitrogen and oxygen atoms in total. The number of aryl methyl sites for hydroxylation is 2. The van der Waals surface area contributed by atoms with Crippen molar-refractivity contribution in [1.82, 2.24) is 19.5 Å². The summed E-state index contributed by atoms with van der Waals surface area (Å²) in [6.45, 7) is 6.26. The van der Waals surface area contributed by atoms with Crippen LogP contribution in [0.1, 0.15) is 37.5 Å². The molecule has 0 saturated heterocycles. The minimum absolute atomic E-state index is 0.819. The van der Waals surface area contributed by atoms with Crippen molar-refractivity contribution in [2.24, 2.45) is 0 Å². The van der Waals surface area contributed by atoms with Gasteiger partial charge in [-0.2, -0.15) is 0 Å². The van der Waals surface area contributed by atoms with E-state index in [0.717, 1.165) is 48.1 Å². The van der Waals surface area contributed by atoms with Crippen molar-refractivity contribution in [2.75, 3.05) is 12.4 Å². The fourth-order valence-electron chi connectivity index (χ4n) is 2.12. The van der Waals surface area contributed by atoms with E-state index in [4.69, 9.17) is 0 Å². The maximum absolute atomic E-state index is 4.66. The summed E-state index contributed by atoms with van der Waals surface area (Å²) in [6, 6.07) is 0. The molecule has 0 spiro atoms. The molecule has 1 N–H and O–H groups in total. The van der Waals surface area contributed by atoms with Gasteiger partial charge in [-0.05, 0) is 13.3 Å². The number of rotatable bonds is 5. The van der Waals surface area contributed by atoms with Gasteiger partial charge in [-0.1, -0.05) is 13.8 Å². The lowest BCUT2D eigenvalue weighted by atomic mass is 10.2. The van der Waals surface area contributed by atoms with E-state index in [1.165, 1.54) is 0 Å². The lowest BCUT2D eigenvalue weighted by Gasteiger charge is -2.14. The van der Waals surface area contributed by atoms with E-state index in [2.05, 4.69) is 38.7 Å². The summed E-state index contributed by atoms with van der Waals surface area (Å²) in [5.41, 5.74) is 1.05. The predicted octanol–water partition coefficient (Wildman–Crippen LogP) is 2.53. The number of nitrogens with zero attached hydrogens (tertiary/aromatic N) is 4. The lowest BCUT2D eigenvalue weighted by Crippen LogP contribution is -2.10. The van der Waals surface area contributed by atoms with Crippen molar-refractivity contribution in [1.29, 1.82) is 0 Å². The number of anilines is 1. The van der Waals surface area contributed by atoms with Crippen molar-refractivity contribution in [2.45, 2.75) is 40.0 Å². The summed E-state index contributed by atoms with van der Waals surface area (Å²) in [5.74, 6) is 3.71. The van der Waals surface area contributed by atoms with E-state index in [1.54, 1.807) is 0 Å². The first-order valence-electron chi connectivity index (χ1n) is 6.79. The predicted molar refractivity (Wildman–Crippen MR) is 76.8 cm³/mol. The van der Waals surface area contributed by atoms with Gasteiger partial charge in [-0.15, -0.1) is 0 Å². The second-order valence-electron chi connectivity index (χ2n) is 4.50. The van der Waals surface area contributed by atoms with Crippen LogP contribution in [0.25, 0.3) is 5.82 Å². The summed E-state index contributed by atoms with van der Waals surface area (Å²) in [4.78, 5) is 13.6. The third-order valence-electron chi connectivity index (χ3n) is 3.14. The molecular formula is C14H21N5. The zero-order valence-electron chi connectivity index (χ0n) is 12.1. The van der Waals surface area contributed by atoms with Crippen molar-refractivity contribution in [3.63, 3.8) is 0 Å². The van der Waals surface area contributed by atoms with E-state index < -0.39 is 0 Å². The average Bonchev–Trinajstić information content (AvgIpc) is 2.87. The highest BCUT2D eigenvalue weighted by Crippen LogP contribution is 2.20. The number of aromatic nitrogens is 4. The highest BCUT2D eigenvalue weighted by molar-refractivity contribution is 5.51. The van der Waals surface area contributed by atoms with E-state index >= 15 is 0 Å². The molecule has 0 radical (unpaired) electrons. The van der Waals surface area contributed by atoms with Gasteiger partial charge in [0.05, 0.1) is 0 Å². The van der Waals surface area contributed by atoms with E-state index in [9.17, 15) is 0 Å². The van der Waals surface area contributed by atoms with Gasteiger partial charge in [0.1, 0.15) is 23.3 Å². The van der Waals surface area contributed by atoms with E-state index in [-0.39, 0.29) is 0 Å². The van der Waals surface area contributed by atoms with Crippen LogP contribution in [0.2, 0.25) is 0 Å². The Morgan fingerprint density at radius 3 is 2.68 bits per heavy atom. The molecular weight excluding hydrogens is 238 g/mol. The van der Waals surface area contributed by atoms with Gasteiger partial charge >= 0.3 is 0 Å². The molecule has 0 aliphatic carbocycles. The van der Waals surface area contributed by atoms with Crippen LogP contribution >= 0.6 is 0 Å². The molecule has 0 bridgehead atoms. The Balaban J connectivity index is 2.57. The number of hydrogen-bond donors (Lipinski definition) is 1. The zero-order chi connectivity index (χ0) is 13.8. The van der Waals surface area contributed by atoms with Gasteiger partial charge < -0.3 is 5.32 Å². The Morgan fingerprint density at radius 2 is 2.05 bits per heavy atom. The Kier molecular flexibility index (Phi) is 4.14. The number of imidazole rings is 1. The summed E-state index contributed by atoms with van der Waals surface area (Å²) in [6.07, 6.45) is 6.64. The molecule has 0 atom stereocenters. The molecule has 0 saturated carbocycles. The Labute approximate surface area is 114 Å². The van der Waals surface area contributed by atoms with E-state index in [1.807, 2.05) is 26.4 Å². The molecule has 2 aromatic rings. The van der Waals surface area contributed by atoms with E-state index in [0.29, 0.717) is 0 Å². The van der Waals surface area contributed by atoms with Crippen LogP contribution in [-0.2, 0) is 12.8 Å².